The molecule has 1 aromatic carbocycles. The Balaban J connectivity index is 2.64. The predicted molar refractivity (Wildman–Crippen MR) is 59.4 cm³/mol. The summed E-state index contributed by atoms with van der Waals surface area (Å²) in [6.07, 6.45) is 1.90. The van der Waals surface area contributed by atoms with Gasteiger partial charge in [-0.25, -0.2) is 4.39 Å². The Morgan fingerprint density at radius 2 is 2.13 bits per heavy atom. The van der Waals surface area contributed by atoms with Gasteiger partial charge in [0.1, 0.15) is 5.82 Å². The van der Waals surface area contributed by atoms with E-state index in [1.165, 1.54) is 6.07 Å². The van der Waals surface area contributed by atoms with Gasteiger partial charge in [-0.15, -0.1) is 0 Å². The van der Waals surface area contributed by atoms with Gasteiger partial charge in [-0.3, -0.25) is 4.68 Å². The Labute approximate surface area is 88.7 Å². The first-order valence-corrected chi connectivity index (χ1v) is 5.41. The number of rotatable bonds is 3. The molecule has 0 saturated heterocycles. The minimum Gasteiger partial charge on any atom is -0.264 e. The van der Waals surface area contributed by atoms with Crippen LogP contribution in [0.5, 0.6) is 0 Å². The molecule has 80 valence electrons. The Bertz CT molecular complexity index is 474. The highest BCUT2D eigenvalue weighted by Gasteiger charge is 2.08. The van der Waals surface area contributed by atoms with E-state index in [0.29, 0.717) is 0 Å². The number of aryl methyl sites for hydroxylation is 2. The van der Waals surface area contributed by atoms with Crippen molar-refractivity contribution in [2.75, 3.05) is 0 Å². The molecule has 0 aliphatic carbocycles. The van der Waals surface area contributed by atoms with Crippen molar-refractivity contribution in [1.82, 2.24) is 9.78 Å². The predicted octanol–water partition coefficient (Wildman–Crippen LogP) is 3.15. The smallest absolute Gasteiger partial charge is 0.125 e. The first-order valence-electron chi connectivity index (χ1n) is 5.41. The van der Waals surface area contributed by atoms with Gasteiger partial charge in [0, 0.05) is 11.9 Å². The molecule has 0 unspecified atom stereocenters. The molecule has 2 rings (SSSR count). The monoisotopic (exact) mass is 206 g/mol. The minimum absolute atomic E-state index is 0.192. The summed E-state index contributed by atoms with van der Waals surface area (Å²) in [6.45, 7) is 5.01. The van der Waals surface area contributed by atoms with Crippen LogP contribution in [0.3, 0.4) is 0 Å². The van der Waals surface area contributed by atoms with Crippen LogP contribution in [0.25, 0.3) is 10.9 Å². The zero-order valence-electron chi connectivity index (χ0n) is 9.13. The van der Waals surface area contributed by atoms with E-state index in [0.717, 1.165) is 36.0 Å². The molecule has 0 radical (unpaired) electrons. The van der Waals surface area contributed by atoms with Gasteiger partial charge in [-0.05, 0) is 31.0 Å². The molecule has 2 aromatic rings. The number of aromatic nitrogens is 2. The van der Waals surface area contributed by atoms with Crippen molar-refractivity contribution in [3.63, 3.8) is 0 Å². The Hall–Kier alpha value is -1.38. The molecule has 0 aliphatic heterocycles. The van der Waals surface area contributed by atoms with Gasteiger partial charge >= 0.3 is 0 Å². The van der Waals surface area contributed by atoms with Gasteiger partial charge in [0.25, 0.3) is 0 Å². The van der Waals surface area contributed by atoms with Crippen LogP contribution >= 0.6 is 0 Å². The highest BCUT2D eigenvalue weighted by Crippen LogP contribution is 2.20. The van der Waals surface area contributed by atoms with Crippen LogP contribution in [-0.2, 0) is 13.0 Å². The second-order valence-corrected chi connectivity index (χ2v) is 3.68. The summed E-state index contributed by atoms with van der Waals surface area (Å²) in [6, 6.07) is 4.89. The average molecular weight is 206 g/mol. The van der Waals surface area contributed by atoms with E-state index in [2.05, 4.69) is 18.9 Å². The Morgan fingerprint density at radius 1 is 1.33 bits per heavy atom. The number of nitrogens with zero attached hydrogens (tertiary/aromatic N) is 2. The van der Waals surface area contributed by atoms with Crippen molar-refractivity contribution < 1.29 is 4.39 Å². The van der Waals surface area contributed by atoms with E-state index in [-0.39, 0.29) is 5.82 Å². The Kier molecular flexibility index (Phi) is 2.71. The van der Waals surface area contributed by atoms with Crippen molar-refractivity contribution in [3.8, 4) is 0 Å². The van der Waals surface area contributed by atoms with Crippen molar-refractivity contribution in [1.29, 1.82) is 0 Å². The molecule has 0 atom stereocenters. The zero-order valence-corrected chi connectivity index (χ0v) is 9.13. The SMILES string of the molecule is CCCn1nc(CC)c2ccc(F)cc21. The van der Waals surface area contributed by atoms with E-state index >= 15 is 0 Å². The number of hydrogen-bond acceptors (Lipinski definition) is 1. The van der Waals surface area contributed by atoms with Gasteiger partial charge in [0.15, 0.2) is 0 Å². The number of hydrogen-bond donors (Lipinski definition) is 0. The lowest BCUT2D eigenvalue weighted by molar-refractivity contribution is 0.605. The van der Waals surface area contributed by atoms with Crippen molar-refractivity contribution in [3.05, 3.63) is 29.7 Å². The van der Waals surface area contributed by atoms with Crippen molar-refractivity contribution >= 4 is 10.9 Å². The van der Waals surface area contributed by atoms with E-state index in [4.69, 9.17) is 0 Å². The standard InChI is InChI=1S/C12H15FN2/c1-3-7-15-12-8-9(13)5-6-10(12)11(4-2)14-15/h5-6,8H,3-4,7H2,1-2H3. The fourth-order valence-corrected chi connectivity index (χ4v) is 1.86. The molecular formula is C12H15FN2. The molecule has 2 nitrogen and oxygen atoms in total. The Morgan fingerprint density at radius 3 is 2.80 bits per heavy atom. The summed E-state index contributed by atoms with van der Waals surface area (Å²) >= 11 is 0. The maximum atomic E-state index is 13.1. The van der Waals surface area contributed by atoms with Crippen LogP contribution in [-0.4, -0.2) is 9.78 Å². The van der Waals surface area contributed by atoms with Crippen LogP contribution in [0, 0.1) is 5.82 Å². The summed E-state index contributed by atoms with van der Waals surface area (Å²) in [4.78, 5) is 0. The molecule has 0 spiro atoms. The van der Waals surface area contributed by atoms with Gasteiger partial charge in [-0.1, -0.05) is 13.8 Å². The minimum atomic E-state index is -0.192. The summed E-state index contributed by atoms with van der Waals surface area (Å²) in [7, 11) is 0. The van der Waals surface area contributed by atoms with Crippen molar-refractivity contribution in [2.45, 2.75) is 33.2 Å². The van der Waals surface area contributed by atoms with E-state index in [1.807, 2.05) is 10.7 Å². The summed E-state index contributed by atoms with van der Waals surface area (Å²) in [5, 5.41) is 5.56. The highest BCUT2D eigenvalue weighted by atomic mass is 19.1. The maximum absolute atomic E-state index is 13.1. The second kappa shape index (κ2) is 4.01. The fourth-order valence-electron chi connectivity index (χ4n) is 1.86. The molecule has 0 N–H and O–H groups in total. The third-order valence-corrected chi connectivity index (χ3v) is 2.56. The van der Waals surface area contributed by atoms with Crippen molar-refractivity contribution in [2.24, 2.45) is 0 Å². The van der Waals surface area contributed by atoms with Gasteiger partial charge in [0.2, 0.25) is 0 Å². The van der Waals surface area contributed by atoms with E-state index < -0.39 is 0 Å². The molecule has 15 heavy (non-hydrogen) atoms. The number of benzene rings is 1. The molecule has 3 heteroatoms. The summed E-state index contributed by atoms with van der Waals surface area (Å²) in [5.74, 6) is -0.192. The number of halogens is 1. The lowest BCUT2D eigenvalue weighted by Crippen LogP contribution is -1.99. The lowest BCUT2D eigenvalue weighted by atomic mass is 10.2. The van der Waals surface area contributed by atoms with Crippen LogP contribution in [0.1, 0.15) is 26.0 Å². The third kappa shape index (κ3) is 1.74. The fraction of sp³-hybridized carbons (Fsp3) is 0.417. The largest absolute Gasteiger partial charge is 0.264 e. The summed E-state index contributed by atoms with van der Waals surface area (Å²) in [5.41, 5.74) is 1.96. The van der Waals surface area contributed by atoms with Crippen LogP contribution < -0.4 is 0 Å². The molecule has 0 bridgehead atoms. The average Bonchev–Trinajstić information content (AvgIpc) is 2.57. The van der Waals surface area contributed by atoms with Gasteiger partial charge in [0.05, 0.1) is 11.2 Å². The zero-order chi connectivity index (χ0) is 10.8. The molecular weight excluding hydrogens is 191 g/mol. The normalized spacial score (nSPS) is 11.1. The maximum Gasteiger partial charge on any atom is 0.125 e. The first kappa shape index (κ1) is 10.1. The molecule has 1 aromatic heterocycles. The van der Waals surface area contributed by atoms with Crippen LogP contribution in [0.4, 0.5) is 4.39 Å². The lowest BCUT2D eigenvalue weighted by Gasteiger charge is -1.99. The quantitative estimate of drug-likeness (QED) is 0.754. The van der Waals surface area contributed by atoms with E-state index in [1.54, 1.807) is 6.07 Å². The van der Waals surface area contributed by atoms with Gasteiger partial charge in [-0.2, -0.15) is 5.10 Å². The highest BCUT2D eigenvalue weighted by molar-refractivity contribution is 5.82. The summed E-state index contributed by atoms with van der Waals surface area (Å²) < 4.78 is 15.0. The second-order valence-electron chi connectivity index (χ2n) is 3.68. The van der Waals surface area contributed by atoms with Gasteiger partial charge < -0.3 is 0 Å². The molecule has 0 aliphatic rings. The number of fused-ring (bicyclic) bond motifs is 1. The molecule has 0 saturated carbocycles. The molecule has 0 fully saturated rings. The van der Waals surface area contributed by atoms with Crippen LogP contribution in [0.15, 0.2) is 18.2 Å². The van der Waals surface area contributed by atoms with E-state index in [9.17, 15) is 4.39 Å². The molecule has 1 heterocycles. The van der Waals surface area contributed by atoms with Crippen LogP contribution in [0.2, 0.25) is 0 Å². The third-order valence-electron chi connectivity index (χ3n) is 2.56. The molecule has 0 amide bonds. The topological polar surface area (TPSA) is 17.8 Å². The first-order chi connectivity index (χ1) is 7.26.